The lowest BCUT2D eigenvalue weighted by molar-refractivity contribution is 0.0948. The lowest BCUT2D eigenvalue weighted by atomic mass is 10.2. The minimum absolute atomic E-state index is 0.348. The molecule has 94 valence electrons. The third-order valence-electron chi connectivity index (χ3n) is 2.26. The Morgan fingerprint density at radius 2 is 2.29 bits per heavy atom. The SMILES string of the molecule is CC(C)CCSCc1cccc(C(=O)NN)n1. The molecule has 1 aromatic rings. The summed E-state index contributed by atoms with van der Waals surface area (Å²) < 4.78 is 0. The first-order valence-corrected chi connectivity index (χ1v) is 6.83. The molecule has 0 atom stereocenters. The zero-order valence-corrected chi connectivity index (χ0v) is 11.1. The van der Waals surface area contributed by atoms with Gasteiger partial charge in [-0.3, -0.25) is 10.2 Å². The van der Waals surface area contributed by atoms with Crippen molar-refractivity contribution in [2.24, 2.45) is 11.8 Å². The highest BCUT2D eigenvalue weighted by molar-refractivity contribution is 7.98. The molecule has 0 saturated carbocycles. The number of carbonyl (C=O) groups is 1. The molecule has 0 aliphatic carbocycles. The summed E-state index contributed by atoms with van der Waals surface area (Å²) in [4.78, 5) is 15.5. The van der Waals surface area contributed by atoms with Gasteiger partial charge in [0.2, 0.25) is 0 Å². The van der Waals surface area contributed by atoms with E-state index in [-0.39, 0.29) is 5.91 Å². The fourth-order valence-corrected chi connectivity index (χ4v) is 2.41. The Kier molecular flexibility index (Phi) is 6.00. The van der Waals surface area contributed by atoms with Crippen LogP contribution in [0, 0.1) is 5.92 Å². The van der Waals surface area contributed by atoms with Crippen LogP contribution in [-0.2, 0) is 5.75 Å². The second-order valence-electron chi connectivity index (χ2n) is 4.22. The summed E-state index contributed by atoms with van der Waals surface area (Å²) in [5.41, 5.74) is 3.37. The minimum Gasteiger partial charge on any atom is -0.289 e. The van der Waals surface area contributed by atoms with Crippen LogP contribution in [-0.4, -0.2) is 16.6 Å². The molecular formula is C12H19N3OS. The van der Waals surface area contributed by atoms with E-state index in [0.29, 0.717) is 5.69 Å². The van der Waals surface area contributed by atoms with Gasteiger partial charge in [-0.2, -0.15) is 11.8 Å². The summed E-state index contributed by atoms with van der Waals surface area (Å²) in [5, 5.41) is 0. The minimum atomic E-state index is -0.348. The van der Waals surface area contributed by atoms with Crippen molar-refractivity contribution in [2.75, 3.05) is 5.75 Å². The van der Waals surface area contributed by atoms with Crippen molar-refractivity contribution in [3.05, 3.63) is 29.6 Å². The molecule has 4 nitrogen and oxygen atoms in total. The molecule has 17 heavy (non-hydrogen) atoms. The molecule has 0 aromatic carbocycles. The molecule has 0 aliphatic rings. The molecule has 0 spiro atoms. The van der Waals surface area contributed by atoms with Gasteiger partial charge in [0.25, 0.3) is 5.91 Å². The summed E-state index contributed by atoms with van der Waals surface area (Å²) in [7, 11) is 0. The van der Waals surface area contributed by atoms with Crippen LogP contribution in [0.4, 0.5) is 0 Å². The van der Waals surface area contributed by atoms with Crippen molar-refractivity contribution in [1.82, 2.24) is 10.4 Å². The Balaban J connectivity index is 2.46. The smallest absolute Gasteiger partial charge is 0.283 e. The van der Waals surface area contributed by atoms with E-state index in [2.05, 4.69) is 24.3 Å². The number of hydrogen-bond acceptors (Lipinski definition) is 4. The van der Waals surface area contributed by atoms with Crippen LogP contribution in [0.25, 0.3) is 0 Å². The van der Waals surface area contributed by atoms with Gasteiger partial charge in [0.15, 0.2) is 0 Å². The summed E-state index contributed by atoms with van der Waals surface area (Å²) in [6, 6.07) is 5.41. The number of hydrogen-bond donors (Lipinski definition) is 2. The Morgan fingerprint density at radius 1 is 1.53 bits per heavy atom. The molecule has 3 N–H and O–H groups in total. The third-order valence-corrected chi connectivity index (χ3v) is 3.28. The zero-order chi connectivity index (χ0) is 12.7. The van der Waals surface area contributed by atoms with Gasteiger partial charge in [-0.25, -0.2) is 10.8 Å². The molecule has 1 rings (SSSR count). The number of nitrogen functional groups attached to an aromatic ring is 1. The summed E-state index contributed by atoms with van der Waals surface area (Å²) in [5.74, 6) is 7.39. The van der Waals surface area contributed by atoms with E-state index < -0.39 is 0 Å². The van der Waals surface area contributed by atoms with E-state index in [1.165, 1.54) is 6.42 Å². The highest BCUT2D eigenvalue weighted by Gasteiger charge is 2.05. The first kappa shape index (κ1) is 14.0. The number of hydrazine groups is 1. The van der Waals surface area contributed by atoms with Crippen molar-refractivity contribution in [3.63, 3.8) is 0 Å². The Hall–Kier alpha value is -1.07. The fraction of sp³-hybridized carbons (Fsp3) is 0.500. The molecule has 1 amide bonds. The second-order valence-corrected chi connectivity index (χ2v) is 5.33. The molecule has 0 fully saturated rings. The Bertz CT molecular complexity index is 369. The van der Waals surface area contributed by atoms with Gasteiger partial charge in [0.1, 0.15) is 5.69 Å². The predicted octanol–water partition coefficient (Wildman–Crippen LogP) is 1.96. The average molecular weight is 253 g/mol. The van der Waals surface area contributed by atoms with Crippen molar-refractivity contribution >= 4 is 17.7 Å². The first-order chi connectivity index (χ1) is 8.13. The first-order valence-electron chi connectivity index (χ1n) is 5.68. The van der Waals surface area contributed by atoms with Crippen molar-refractivity contribution in [2.45, 2.75) is 26.0 Å². The Labute approximate surface area is 106 Å². The van der Waals surface area contributed by atoms with E-state index in [0.717, 1.165) is 23.1 Å². The number of aromatic nitrogens is 1. The number of amides is 1. The maximum atomic E-state index is 11.3. The van der Waals surface area contributed by atoms with Crippen LogP contribution in [0.5, 0.6) is 0 Å². The van der Waals surface area contributed by atoms with Gasteiger partial charge in [0.05, 0.1) is 5.69 Å². The molecule has 5 heteroatoms. The standard InChI is InChI=1S/C12H19N3OS/c1-9(2)6-7-17-8-10-4-3-5-11(14-10)12(16)15-13/h3-5,9H,6-8,13H2,1-2H3,(H,15,16). The highest BCUT2D eigenvalue weighted by atomic mass is 32.2. The lowest BCUT2D eigenvalue weighted by Crippen LogP contribution is -2.30. The van der Waals surface area contributed by atoms with E-state index in [4.69, 9.17) is 5.84 Å². The molecule has 0 bridgehead atoms. The highest BCUT2D eigenvalue weighted by Crippen LogP contribution is 2.14. The number of nitrogens with two attached hydrogens (primary N) is 1. The molecular weight excluding hydrogens is 234 g/mol. The topological polar surface area (TPSA) is 68.0 Å². The van der Waals surface area contributed by atoms with Crippen LogP contribution in [0.3, 0.4) is 0 Å². The molecule has 0 saturated heterocycles. The lowest BCUT2D eigenvalue weighted by Gasteiger charge is -2.05. The molecule has 0 radical (unpaired) electrons. The van der Waals surface area contributed by atoms with E-state index in [1.807, 2.05) is 23.9 Å². The third kappa shape index (κ3) is 5.19. The van der Waals surface area contributed by atoms with Crippen LogP contribution in [0.1, 0.15) is 36.5 Å². The second kappa shape index (κ2) is 7.29. The van der Waals surface area contributed by atoms with Crippen LogP contribution in [0.2, 0.25) is 0 Å². The van der Waals surface area contributed by atoms with Gasteiger partial charge in [-0.05, 0) is 30.2 Å². The predicted molar refractivity (Wildman–Crippen MR) is 71.5 cm³/mol. The largest absolute Gasteiger partial charge is 0.289 e. The van der Waals surface area contributed by atoms with E-state index in [9.17, 15) is 4.79 Å². The number of rotatable bonds is 6. The molecule has 1 aromatic heterocycles. The molecule has 0 unspecified atom stereocenters. The average Bonchev–Trinajstić information content (AvgIpc) is 2.34. The number of nitrogens with one attached hydrogen (secondary N) is 1. The maximum Gasteiger partial charge on any atom is 0.283 e. The van der Waals surface area contributed by atoms with Gasteiger partial charge >= 0.3 is 0 Å². The van der Waals surface area contributed by atoms with Crippen LogP contribution in [0.15, 0.2) is 18.2 Å². The number of carbonyl (C=O) groups excluding carboxylic acids is 1. The van der Waals surface area contributed by atoms with Crippen molar-refractivity contribution in [1.29, 1.82) is 0 Å². The van der Waals surface area contributed by atoms with Crippen molar-refractivity contribution < 1.29 is 4.79 Å². The molecule has 0 aliphatic heterocycles. The van der Waals surface area contributed by atoms with Crippen LogP contribution >= 0.6 is 11.8 Å². The van der Waals surface area contributed by atoms with E-state index in [1.54, 1.807) is 6.07 Å². The summed E-state index contributed by atoms with van der Waals surface area (Å²) >= 11 is 1.84. The maximum absolute atomic E-state index is 11.3. The quantitative estimate of drug-likeness (QED) is 0.352. The Morgan fingerprint density at radius 3 is 2.94 bits per heavy atom. The van der Waals surface area contributed by atoms with Gasteiger partial charge in [-0.15, -0.1) is 0 Å². The number of nitrogens with zero attached hydrogens (tertiary/aromatic N) is 1. The zero-order valence-electron chi connectivity index (χ0n) is 10.3. The summed E-state index contributed by atoms with van der Waals surface area (Å²) in [6.07, 6.45) is 1.20. The van der Waals surface area contributed by atoms with Gasteiger partial charge in [0, 0.05) is 5.75 Å². The van der Waals surface area contributed by atoms with Crippen molar-refractivity contribution in [3.8, 4) is 0 Å². The summed E-state index contributed by atoms with van der Waals surface area (Å²) in [6.45, 7) is 4.43. The molecule has 1 heterocycles. The van der Waals surface area contributed by atoms with Gasteiger partial charge in [-0.1, -0.05) is 19.9 Å². The normalized spacial score (nSPS) is 10.6. The fourth-order valence-electron chi connectivity index (χ4n) is 1.26. The van der Waals surface area contributed by atoms with E-state index >= 15 is 0 Å². The number of thioether (sulfide) groups is 1. The monoisotopic (exact) mass is 253 g/mol. The number of pyridine rings is 1. The van der Waals surface area contributed by atoms with Crippen LogP contribution < -0.4 is 11.3 Å². The van der Waals surface area contributed by atoms with Gasteiger partial charge < -0.3 is 0 Å².